The van der Waals surface area contributed by atoms with E-state index in [0.29, 0.717) is 5.92 Å². The minimum absolute atomic E-state index is 0.0779. The molecule has 128 valence electrons. The van der Waals surface area contributed by atoms with Crippen LogP contribution in [0.5, 0.6) is 5.75 Å². The summed E-state index contributed by atoms with van der Waals surface area (Å²) in [4.78, 5) is 18.6. The molecule has 5 heteroatoms. The second-order valence-corrected chi connectivity index (χ2v) is 6.28. The van der Waals surface area contributed by atoms with Gasteiger partial charge in [-0.15, -0.1) is 0 Å². The number of likely N-dealkylation sites (tertiary alicyclic amines) is 1. The van der Waals surface area contributed by atoms with Crippen molar-refractivity contribution in [3.8, 4) is 5.75 Å². The Morgan fingerprint density at radius 1 is 1.25 bits per heavy atom. The summed E-state index contributed by atoms with van der Waals surface area (Å²) in [5.41, 5.74) is 0. The predicted molar refractivity (Wildman–Crippen MR) is 92.8 cm³/mol. The van der Waals surface area contributed by atoms with Crippen molar-refractivity contribution in [3.63, 3.8) is 0 Å². The molecule has 1 aliphatic heterocycles. The molecule has 1 saturated heterocycles. The van der Waals surface area contributed by atoms with E-state index in [1.54, 1.807) is 0 Å². The van der Waals surface area contributed by atoms with E-state index in [1.165, 1.54) is 0 Å². The molecule has 1 fully saturated rings. The maximum atomic E-state index is 12.3. The van der Waals surface area contributed by atoms with Crippen LogP contribution in [0.25, 0.3) is 0 Å². The molecule has 0 saturated carbocycles. The Labute approximate surface area is 143 Å². The number of hydrogen-bond acceptors (Lipinski definition) is 3. The minimum Gasteiger partial charge on any atom is -0.484 e. The lowest BCUT2D eigenvalue weighted by Gasteiger charge is -2.32. The van der Waals surface area contributed by atoms with Crippen molar-refractivity contribution in [2.75, 3.05) is 19.7 Å². The van der Waals surface area contributed by atoms with Crippen LogP contribution in [-0.4, -0.2) is 40.1 Å². The third-order valence-electron chi connectivity index (χ3n) is 4.65. The van der Waals surface area contributed by atoms with Gasteiger partial charge in [-0.05, 0) is 30.9 Å². The molecule has 1 amide bonds. The minimum atomic E-state index is 0.0779. The predicted octanol–water partition coefficient (Wildman–Crippen LogP) is 2.76. The SMILES string of the molecule is CCc1nccn1CC1CCN(C(=O)COc2ccccc2)CC1. The molecular formula is C19H25N3O2. The Morgan fingerprint density at radius 3 is 2.71 bits per heavy atom. The highest BCUT2D eigenvalue weighted by Crippen LogP contribution is 2.20. The number of para-hydroxylation sites is 1. The fourth-order valence-electron chi connectivity index (χ4n) is 3.22. The fraction of sp³-hybridized carbons (Fsp3) is 0.474. The van der Waals surface area contributed by atoms with Gasteiger partial charge in [-0.2, -0.15) is 0 Å². The number of carbonyl (C=O) groups excluding carboxylic acids is 1. The van der Waals surface area contributed by atoms with Gasteiger partial charge in [0.15, 0.2) is 6.61 Å². The van der Waals surface area contributed by atoms with Crippen molar-refractivity contribution in [1.82, 2.24) is 14.5 Å². The summed E-state index contributed by atoms with van der Waals surface area (Å²) in [6.45, 7) is 4.89. The Morgan fingerprint density at radius 2 is 2.00 bits per heavy atom. The number of benzene rings is 1. The lowest BCUT2D eigenvalue weighted by molar-refractivity contribution is -0.134. The third-order valence-corrected chi connectivity index (χ3v) is 4.65. The number of nitrogens with zero attached hydrogens (tertiary/aromatic N) is 3. The second-order valence-electron chi connectivity index (χ2n) is 6.28. The molecule has 0 spiro atoms. The van der Waals surface area contributed by atoms with E-state index in [-0.39, 0.29) is 12.5 Å². The van der Waals surface area contributed by atoms with Gasteiger partial charge in [0.05, 0.1) is 0 Å². The Kier molecular flexibility index (Phi) is 5.51. The number of hydrogen-bond donors (Lipinski definition) is 0. The van der Waals surface area contributed by atoms with Crippen LogP contribution >= 0.6 is 0 Å². The van der Waals surface area contributed by atoms with Crippen LogP contribution < -0.4 is 4.74 Å². The van der Waals surface area contributed by atoms with E-state index in [9.17, 15) is 4.79 Å². The number of amides is 1. The number of imidazole rings is 1. The Bertz CT molecular complexity index is 646. The average molecular weight is 327 g/mol. The highest BCUT2D eigenvalue weighted by atomic mass is 16.5. The molecule has 0 bridgehead atoms. The number of aryl methyl sites for hydroxylation is 1. The van der Waals surface area contributed by atoms with E-state index in [1.807, 2.05) is 41.4 Å². The number of carbonyl (C=O) groups is 1. The highest BCUT2D eigenvalue weighted by molar-refractivity contribution is 5.77. The van der Waals surface area contributed by atoms with E-state index < -0.39 is 0 Å². The summed E-state index contributed by atoms with van der Waals surface area (Å²) in [5, 5.41) is 0. The molecule has 1 aromatic carbocycles. The normalized spacial score (nSPS) is 15.5. The van der Waals surface area contributed by atoms with E-state index in [2.05, 4.69) is 22.7 Å². The number of aromatic nitrogens is 2. The van der Waals surface area contributed by atoms with E-state index in [0.717, 1.165) is 50.5 Å². The first-order valence-corrected chi connectivity index (χ1v) is 8.72. The van der Waals surface area contributed by atoms with Crippen LogP contribution in [0, 0.1) is 5.92 Å². The van der Waals surface area contributed by atoms with E-state index >= 15 is 0 Å². The molecule has 0 radical (unpaired) electrons. The van der Waals surface area contributed by atoms with Gasteiger partial charge in [0, 0.05) is 38.4 Å². The summed E-state index contributed by atoms with van der Waals surface area (Å²) in [6, 6.07) is 9.49. The van der Waals surface area contributed by atoms with Crippen LogP contribution in [0.1, 0.15) is 25.6 Å². The average Bonchev–Trinajstić information content (AvgIpc) is 3.08. The van der Waals surface area contributed by atoms with Gasteiger partial charge < -0.3 is 14.2 Å². The summed E-state index contributed by atoms with van der Waals surface area (Å²) in [6.07, 6.45) is 6.97. The molecule has 0 unspecified atom stereocenters. The summed E-state index contributed by atoms with van der Waals surface area (Å²) in [5.74, 6) is 2.58. The van der Waals surface area contributed by atoms with Gasteiger partial charge in [0.25, 0.3) is 5.91 Å². The summed E-state index contributed by atoms with van der Waals surface area (Å²) < 4.78 is 7.81. The van der Waals surface area contributed by atoms with Crippen molar-refractivity contribution in [2.24, 2.45) is 5.92 Å². The smallest absolute Gasteiger partial charge is 0.260 e. The first-order chi connectivity index (χ1) is 11.8. The molecule has 1 aliphatic rings. The Hall–Kier alpha value is -2.30. The van der Waals surface area contributed by atoms with Crippen molar-refractivity contribution in [2.45, 2.75) is 32.7 Å². The quantitative estimate of drug-likeness (QED) is 0.820. The number of rotatable bonds is 6. The van der Waals surface area contributed by atoms with Crippen molar-refractivity contribution < 1.29 is 9.53 Å². The zero-order chi connectivity index (χ0) is 16.8. The van der Waals surface area contributed by atoms with Crippen LogP contribution in [0.3, 0.4) is 0 Å². The van der Waals surface area contributed by atoms with Crippen LogP contribution in [-0.2, 0) is 17.8 Å². The zero-order valence-electron chi connectivity index (χ0n) is 14.2. The molecule has 0 atom stereocenters. The molecule has 1 aromatic heterocycles. The van der Waals surface area contributed by atoms with Crippen molar-refractivity contribution in [3.05, 3.63) is 48.5 Å². The van der Waals surface area contributed by atoms with Crippen molar-refractivity contribution in [1.29, 1.82) is 0 Å². The largest absolute Gasteiger partial charge is 0.484 e. The molecule has 24 heavy (non-hydrogen) atoms. The fourth-order valence-corrected chi connectivity index (χ4v) is 3.22. The lowest BCUT2D eigenvalue weighted by atomic mass is 9.96. The van der Waals surface area contributed by atoms with E-state index in [4.69, 9.17) is 4.74 Å². The lowest BCUT2D eigenvalue weighted by Crippen LogP contribution is -2.41. The Balaban J connectivity index is 1.43. The monoisotopic (exact) mass is 327 g/mol. The zero-order valence-corrected chi connectivity index (χ0v) is 14.2. The highest BCUT2D eigenvalue weighted by Gasteiger charge is 2.23. The maximum absolute atomic E-state index is 12.3. The van der Waals surface area contributed by atoms with Crippen LogP contribution in [0.15, 0.2) is 42.7 Å². The molecule has 5 nitrogen and oxygen atoms in total. The van der Waals surface area contributed by atoms with Crippen LogP contribution in [0.2, 0.25) is 0 Å². The van der Waals surface area contributed by atoms with Gasteiger partial charge in [-0.3, -0.25) is 4.79 Å². The topological polar surface area (TPSA) is 47.4 Å². The van der Waals surface area contributed by atoms with Gasteiger partial charge in [0.2, 0.25) is 0 Å². The standard InChI is InChI=1S/C19H25N3O2/c1-2-18-20-10-13-22(18)14-16-8-11-21(12-9-16)19(23)15-24-17-6-4-3-5-7-17/h3-7,10,13,16H,2,8-9,11-12,14-15H2,1H3. The first-order valence-electron chi connectivity index (χ1n) is 8.72. The summed E-state index contributed by atoms with van der Waals surface area (Å²) in [7, 11) is 0. The molecule has 0 aliphatic carbocycles. The second kappa shape index (κ2) is 7.99. The van der Waals surface area contributed by atoms with Gasteiger partial charge in [-0.25, -0.2) is 4.98 Å². The number of ether oxygens (including phenoxy) is 1. The van der Waals surface area contributed by atoms with Crippen LogP contribution in [0.4, 0.5) is 0 Å². The molecule has 0 N–H and O–H groups in total. The van der Waals surface area contributed by atoms with Crippen molar-refractivity contribution >= 4 is 5.91 Å². The third kappa shape index (κ3) is 4.16. The van der Waals surface area contributed by atoms with Gasteiger partial charge in [-0.1, -0.05) is 25.1 Å². The van der Waals surface area contributed by atoms with Gasteiger partial charge in [0.1, 0.15) is 11.6 Å². The molecule has 2 heterocycles. The maximum Gasteiger partial charge on any atom is 0.260 e. The number of piperidine rings is 1. The molecular weight excluding hydrogens is 302 g/mol. The van der Waals surface area contributed by atoms with Gasteiger partial charge >= 0.3 is 0 Å². The summed E-state index contributed by atoms with van der Waals surface area (Å²) >= 11 is 0. The molecule has 3 rings (SSSR count). The first kappa shape index (κ1) is 16.6. The molecule has 2 aromatic rings.